The fourth-order valence-electron chi connectivity index (χ4n) is 8.09. The van der Waals surface area contributed by atoms with Crippen molar-refractivity contribution in [2.24, 2.45) is 11.5 Å². The minimum Gasteiger partial charge on any atom is -0.330 e. The molecule has 0 saturated carbocycles. The van der Waals surface area contributed by atoms with Gasteiger partial charge in [0.1, 0.15) is 0 Å². The Morgan fingerprint density at radius 2 is 0.500 bits per heavy atom. The molecule has 0 saturated heterocycles. The van der Waals surface area contributed by atoms with Crippen molar-refractivity contribution in [2.75, 3.05) is 66.5 Å². The Kier molecular flexibility index (Phi) is 39.5. The average molecular weight is 733 g/mol. The number of allylic oxidation sites excluding steroid dienone is 4. The van der Waals surface area contributed by atoms with Gasteiger partial charge in [-0.1, -0.05) is 141 Å². The van der Waals surface area contributed by atoms with E-state index in [4.69, 9.17) is 11.5 Å². The highest BCUT2D eigenvalue weighted by molar-refractivity contribution is 4.82. The zero-order valence-electron chi connectivity index (χ0n) is 36.6. The van der Waals surface area contributed by atoms with Crippen molar-refractivity contribution in [1.82, 2.24) is 0 Å². The zero-order chi connectivity index (χ0) is 38.1. The second-order valence-corrected chi connectivity index (χ2v) is 17.4. The van der Waals surface area contributed by atoms with Gasteiger partial charge in [0, 0.05) is 25.7 Å². The van der Waals surface area contributed by atoms with Gasteiger partial charge < -0.3 is 20.4 Å². The maximum atomic E-state index is 5.99. The van der Waals surface area contributed by atoms with E-state index in [1.165, 1.54) is 241 Å². The molecule has 2 atom stereocenters. The van der Waals surface area contributed by atoms with Crippen molar-refractivity contribution >= 4 is 0 Å². The molecule has 4 N–H and O–H groups in total. The molecular formula is C48H100N4+2. The van der Waals surface area contributed by atoms with Crippen LogP contribution in [0.25, 0.3) is 0 Å². The van der Waals surface area contributed by atoms with E-state index in [1.807, 2.05) is 0 Å². The Balaban J connectivity index is 4.13. The van der Waals surface area contributed by atoms with Gasteiger partial charge in [-0.3, -0.25) is 0 Å². The first kappa shape index (κ1) is 51.3. The Bertz CT molecular complexity index is 689. The smallest absolute Gasteiger partial charge is 0.0796 e. The number of nitrogens with zero attached hydrogens (tertiary/aromatic N) is 2. The summed E-state index contributed by atoms with van der Waals surface area (Å²) in [5.41, 5.74) is 12.0. The topological polar surface area (TPSA) is 52.0 Å². The van der Waals surface area contributed by atoms with Crippen LogP contribution in [0.3, 0.4) is 0 Å². The maximum Gasteiger partial charge on any atom is 0.0796 e. The lowest BCUT2D eigenvalue weighted by Crippen LogP contribution is -2.48. The number of nitrogens with two attached hydrogens (primary N) is 2. The molecule has 52 heavy (non-hydrogen) atoms. The molecule has 0 spiro atoms. The van der Waals surface area contributed by atoms with Crippen molar-refractivity contribution in [3.63, 3.8) is 0 Å². The third kappa shape index (κ3) is 36.3. The van der Waals surface area contributed by atoms with Gasteiger partial charge >= 0.3 is 0 Å². The summed E-state index contributed by atoms with van der Waals surface area (Å²) in [6.45, 7) is 14.0. The molecule has 0 aliphatic heterocycles. The van der Waals surface area contributed by atoms with E-state index in [1.54, 1.807) is 0 Å². The highest BCUT2D eigenvalue weighted by atomic mass is 15.3. The Labute approximate surface area is 329 Å². The van der Waals surface area contributed by atoms with Gasteiger partial charge in [-0.05, 0) is 90.1 Å². The van der Waals surface area contributed by atoms with E-state index in [0.29, 0.717) is 0 Å². The van der Waals surface area contributed by atoms with Crippen molar-refractivity contribution in [3.8, 4) is 0 Å². The van der Waals surface area contributed by atoms with Crippen LogP contribution in [0, 0.1) is 0 Å². The third-order valence-electron chi connectivity index (χ3n) is 11.9. The van der Waals surface area contributed by atoms with E-state index < -0.39 is 0 Å². The van der Waals surface area contributed by atoms with E-state index >= 15 is 0 Å². The highest BCUT2D eigenvalue weighted by Crippen LogP contribution is 2.17. The lowest BCUT2D eigenvalue weighted by atomic mass is 10.1. The van der Waals surface area contributed by atoms with E-state index in [2.05, 4.69) is 52.2 Å². The first-order valence-electron chi connectivity index (χ1n) is 23.8. The average Bonchev–Trinajstić information content (AvgIpc) is 3.14. The molecule has 0 heterocycles. The molecule has 310 valence electrons. The van der Waals surface area contributed by atoms with Crippen molar-refractivity contribution in [3.05, 3.63) is 24.3 Å². The lowest BCUT2D eigenvalue weighted by molar-refractivity contribution is -0.916. The van der Waals surface area contributed by atoms with Crippen LogP contribution in [-0.2, 0) is 0 Å². The summed E-state index contributed by atoms with van der Waals surface area (Å²) in [4.78, 5) is 0. The molecule has 0 fully saturated rings. The van der Waals surface area contributed by atoms with E-state index in [0.717, 1.165) is 25.9 Å². The first-order chi connectivity index (χ1) is 25.4. The predicted octanol–water partition coefficient (Wildman–Crippen LogP) is 13.4. The molecule has 0 bridgehead atoms. The molecule has 0 aromatic heterocycles. The lowest BCUT2D eigenvalue weighted by Gasteiger charge is -2.37. The minimum atomic E-state index is 0.825. The Morgan fingerprint density at radius 3 is 0.769 bits per heavy atom. The number of hydrogen-bond donors (Lipinski definition) is 2. The molecule has 0 aromatic carbocycles. The molecule has 4 heteroatoms. The monoisotopic (exact) mass is 733 g/mol. The summed E-state index contributed by atoms with van der Waals surface area (Å²) < 4.78 is 2.45. The number of unbranched alkanes of at least 4 members (excludes halogenated alkanes) is 25. The van der Waals surface area contributed by atoms with Crippen LogP contribution in [0.1, 0.15) is 219 Å². The minimum absolute atomic E-state index is 0.825. The molecule has 2 unspecified atom stereocenters. The largest absolute Gasteiger partial charge is 0.330 e. The summed E-state index contributed by atoms with van der Waals surface area (Å²) in [5, 5.41) is 0. The van der Waals surface area contributed by atoms with Gasteiger partial charge in [0.2, 0.25) is 0 Å². The summed E-state index contributed by atoms with van der Waals surface area (Å²) in [7, 11) is 5.03. The van der Waals surface area contributed by atoms with Crippen LogP contribution in [-0.4, -0.2) is 75.4 Å². The first-order valence-corrected chi connectivity index (χ1v) is 23.8. The number of hydrogen-bond acceptors (Lipinski definition) is 2. The Morgan fingerprint density at radius 1 is 0.288 bits per heavy atom. The van der Waals surface area contributed by atoms with Crippen LogP contribution in [0.5, 0.6) is 0 Å². The van der Waals surface area contributed by atoms with Crippen LogP contribution in [0.2, 0.25) is 0 Å². The van der Waals surface area contributed by atoms with Gasteiger partial charge in [0.25, 0.3) is 0 Å². The molecule has 0 aromatic rings. The van der Waals surface area contributed by atoms with Gasteiger partial charge in [-0.15, -0.1) is 0 Å². The summed E-state index contributed by atoms with van der Waals surface area (Å²) in [5.74, 6) is 0. The van der Waals surface area contributed by atoms with Gasteiger partial charge in [-0.2, -0.15) is 0 Å². The predicted molar refractivity (Wildman–Crippen MR) is 237 cm³/mol. The summed E-state index contributed by atoms with van der Waals surface area (Å²) >= 11 is 0. The van der Waals surface area contributed by atoms with Crippen LogP contribution >= 0.6 is 0 Å². The SMILES string of the molecule is CCCCCCCC/C=C/CCCCCCCC[N+](C)(CCCN)CCCC[N+](C)(CCCN)CCCCCCCC/C=C/CCCCCCCC. The van der Waals surface area contributed by atoms with Crippen LogP contribution in [0.4, 0.5) is 0 Å². The Hall–Kier alpha value is -0.680. The second kappa shape index (κ2) is 40.0. The highest BCUT2D eigenvalue weighted by Gasteiger charge is 2.23. The maximum absolute atomic E-state index is 5.99. The molecule has 0 aliphatic carbocycles. The standard InChI is InChI=1S/C48H100N4/c1-5-7-9-11-13-15-17-19-21-23-25-27-29-31-33-35-43-51(3,47-39-41-49)45-37-38-46-52(4,48-40-42-50)44-36-34-32-30-28-26-24-22-20-18-16-14-12-10-8-6-2/h19-22H,5-18,23-50H2,1-4H3/q+2/b21-19+,22-20+. The second-order valence-electron chi connectivity index (χ2n) is 17.4. The summed E-state index contributed by atoms with van der Waals surface area (Å²) in [6.07, 6.45) is 53.5. The van der Waals surface area contributed by atoms with Gasteiger partial charge in [-0.25, -0.2) is 0 Å². The number of rotatable bonds is 43. The van der Waals surface area contributed by atoms with E-state index in [-0.39, 0.29) is 0 Å². The van der Waals surface area contributed by atoms with Crippen LogP contribution in [0.15, 0.2) is 24.3 Å². The molecular weight excluding hydrogens is 633 g/mol. The quantitative estimate of drug-likeness (QED) is 0.0372. The molecule has 0 aliphatic rings. The fraction of sp³-hybridized carbons (Fsp3) is 0.917. The van der Waals surface area contributed by atoms with Crippen molar-refractivity contribution in [2.45, 2.75) is 219 Å². The van der Waals surface area contributed by atoms with Crippen LogP contribution < -0.4 is 11.5 Å². The van der Waals surface area contributed by atoms with E-state index in [9.17, 15) is 0 Å². The van der Waals surface area contributed by atoms with Gasteiger partial charge in [0.05, 0.1) is 53.4 Å². The zero-order valence-corrected chi connectivity index (χ0v) is 36.6. The fourth-order valence-corrected chi connectivity index (χ4v) is 8.09. The van der Waals surface area contributed by atoms with Gasteiger partial charge in [0.15, 0.2) is 0 Å². The molecule has 4 nitrogen and oxygen atoms in total. The molecule has 0 amide bonds. The third-order valence-corrected chi connectivity index (χ3v) is 11.9. The summed E-state index contributed by atoms with van der Waals surface area (Å²) in [6, 6.07) is 0. The van der Waals surface area contributed by atoms with Crippen molar-refractivity contribution in [1.29, 1.82) is 0 Å². The molecule has 0 radical (unpaired) electrons. The number of quaternary nitrogens is 2. The molecule has 0 rings (SSSR count). The van der Waals surface area contributed by atoms with Crippen molar-refractivity contribution < 1.29 is 8.97 Å². The normalized spacial score (nSPS) is 14.5.